The van der Waals surface area contributed by atoms with E-state index in [-0.39, 0.29) is 4.90 Å². The van der Waals surface area contributed by atoms with Gasteiger partial charge in [-0.25, -0.2) is 18.4 Å². The maximum Gasteiger partial charge on any atom is 0.265 e. The Bertz CT molecular complexity index is 816. The number of nitrogens with zero attached hydrogens (tertiary/aromatic N) is 3. The summed E-state index contributed by atoms with van der Waals surface area (Å²) < 4.78 is 32.9. The molecule has 1 saturated heterocycles. The lowest BCUT2D eigenvalue weighted by Gasteiger charge is -2.15. The Kier molecular flexibility index (Phi) is 4.57. The summed E-state index contributed by atoms with van der Waals surface area (Å²) >= 11 is 0. The fourth-order valence-corrected chi connectivity index (χ4v) is 3.94. The number of rotatable bonds is 5. The Labute approximate surface area is 141 Å². The Morgan fingerprint density at radius 3 is 2.46 bits per heavy atom. The number of anilines is 2. The number of benzene rings is 1. The van der Waals surface area contributed by atoms with E-state index in [1.807, 2.05) is 6.92 Å². The van der Waals surface area contributed by atoms with Gasteiger partial charge in [-0.2, -0.15) is 0 Å². The van der Waals surface area contributed by atoms with Gasteiger partial charge >= 0.3 is 0 Å². The van der Waals surface area contributed by atoms with Crippen LogP contribution in [0.4, 0.5) is 11.6 Å². The highest BCUT2D eigenvalue weighted by Gasteiger charge is 2.21. The Balaban J connectivity index is 1.83. The minimum absolute atomic E-state index is 0.0913. The van der Waals surface area contributed by atoms with Crippen molar-refractivity contribution in [1.29, 1.82) is 0 Å². The molecule has 128 valence electrons. The zero-order valence-electron chi connectivity index (χ0n) is 13.7. The van der Waals surface area contributed by atoms with E-state index in [1.54, 1.807) is 18.2 Å². The molecule has 1 aromatic heterocycles. The van der Waals surface area contributed by atoms with Crippen molar-refractivity contribution in [2.45, 2.75) is 24.7 Å². The molecule has 0 aliphatic carbocycles. The van der Waals surface area contributed by atoms with E-state index in [0.29, 0.717) is 17.4 Å². The summed E-state index contributed by atoms with van der Waals surface area (Å²) in [5.41, 5.74) is 1.15. The molecule has 3 rings (SSSR count). The molecule has 0 bridgehead atoms. The molecule has 0 radical (unpaired) electrons. The maximum absolute atomic E-state index is 12.6. The van der Waals surface area contributed by atoms with Crippen LogP contribution in [0.25, 0.3) is 0 Å². The minimum atomic E-state index is -3.78. The van der Waals surface area contributed by atoms with Crippen molar-refractivity contribution < 1.29 is 13.2 Å². The van der Waals surface area contributed by atoms with Crippen LogP contribution in [0.3, 0.4) is 0 Å². The van der Waals surface area contributed by atoms with Gasteiger partial charge < -0.3 is 9.64 Å². The van der Waals surface area contributed by atoms with Gasteiger partial charge in [0.2, 0.25) is 5.95 Å². The Hall–Kier alpha value is -2.35. The van der Waals surface area contributed by atoms with Crippen LogP contribution >= 0.6 is 0 Å². The molecule has 0 saturated carbocycles. The second kappa shape index (κ2) is 6.64. The van der Waals surface area contributed by atoms with Gasteiger partial charge in [0.1, 0.15) is 10.6 Å². The molecule has 0 unspecified atom stereocenters. The number of hydrogen-bond donors (Lipinski definition) is 1. The van der Waals surface area contributed by atoms with Gasteiger partial charge in [0.25, 0.3) is 10.0 Å². The maximum atomic E-state index is 12.6. The van der Waals surface area contributed by atoms with E-state index in [9.17, 15) is 8.42 Å². The first kappa shape index (κ1) is 16.5. The number of nitrogens with one attached hydrogen (secondary N) is 1. The van der Waals surface area contributed by atoms with Crippen molar-refractivity contribution in [2.24, 2.45) is 0 Å². The molecule has 2 heterocycles. The van der Waals surface area contributed by atoms with Crippen molar-refractivity contribution in [3.05, 3.63) is 36.2 Å². The summed E-state index contributed by atoms with van der Waals surface area (Å²) in [6.45, 7) is 3.70. The predicted octanol–water partition coefficient (Wildman–Crippen LogP) is 2.19. The molecule has 7 nitrogen and oxygen atoms in total. The Morgan fingerprint density at radius 1 is 1.17 bits per heavy atom. The van der Waals surface area contributed by atoms with Gasteiger partial charge in [-0.05, 0) is 37.5 Å². The molecule has 1 N–H and O–H groups in total. The van der Waals surface area contributed by atoms with Gasteiger partial charge in [-0.1, -0.05) is 6.07 Å². The summed E-state index contributed by atoms with van der Waals surface area (Å²) in [6.07, 6.45) is 5.23. The van der Waals surface area contributed by atoms with Crippen molar-refractivity contribution in [3.8, 4) is 5.75 Å². The number of sulfonamides is 1. The van der Waals surface area contributed by atoms with E-state index in [0.717, 1.165) is 31.5 Å². The highest BCUT2D eigenvalue weighted by atomic mass is 32.2. The predicted molar refractivity (Wildman–Crippen MR) is 92.0 cm³/mol. The zero-order valence-corrected chi connectivity index (χ0v) is 14.5. The SMILES string of the molecule is COc1ccc(C)cc1S(=O)(=O)Nc1cnc(N2CCCC2)nc1. The fourth-order valence-electron chi connectivity index (χ4n) is 2.66. The first-order chi connectivity index (χ1) is 11.5. The van der Waals surface area contributed by atoms with Gasteiger partial charge in [0, 0.05) is 13.1 Å². The molecular weight excluding hydrogens is 328 g/mol. The van der Waals surface area contributed by atoms with Crippen LogP contribution in [0.15, 0.2) is 35.5 Å². The van der Waals surface area contributed by atoms with E-state index < -0.39 is 10.0 Å². The van der Waals surface area contributed by atoms with Crippen LogP contribution in [0.2, 0.25) is 0 Å². The van der Waals surface area contributed by atoms with Gasteiger partial charge in [0.15, 0.2) is 0 Å². The Morgan fingerprint density at radius 2 is 1.83 bits per heavy atom. The van der Waals surface area contributed by atoms with Crippen molar-refractivity contribution in [2.75, 3.05) is 29.8 Å². The largest absolute Gasteiger partial charge is 0.495 e. The average molecular weight is 348 g/mol. The fraction of sp³-hybridized carbons (Fsp3) is 0.375. The monoisotopic (exact) mass is 348 g/mol. The third-order valence-corrected chi connectivity index (χ3v) is 5.29. The number of ether oxygens (including phenoxy) is 1. The topological polar surface area (TPSA) is 84.4 Å². The van der Waals surface area contributed by atoms with Crippen LogP contribution in [-0.2, 0) is 10.0 Å². The molecule has 0 amide bonds. The molecule has 0 atom stereocenters. The lowest BCUT2D eigenvalue weighted by atomic mass is 10.2. The van der Waals surface area contributed by atoms with Crippen LogP contribution in [0.1, 0.15) is 18.4 Å². The standard InChI is InChI=1S/C16H20N4O3S/c1-12-5-6-14(23-2)15(9-12)24(21,22)19-13-10-17-16(18-11-13)20-7-3-4-8-20/h5-6,9-11,19H,3-4,7-8H2,1-2H3. The van der Waals surface area contributed by atoms with Gasteiger partial charge in [-0.15, -0.1) is 0 Å². The summed E-state index contributed by atoms with van der Waals surface area (Å²) in [5, 5.41) is 0. The second-order valence-corrected chi connectivity index (χ2v) is 7.38. The molecule has 1 aliphatic rings. The summed E-state index contributed by atoms with van der Waals surface area (Å²) in [6, 6.07) is 5.00. The number of aryl methyl sites for hydroxylation is 1. The first-order valence-corrected chi connectivity index (χ1v) is 9.22. The van der Waals surface area contributed by atoms with E-state index in [1.165, 1.54) is 19.5 Å². The minimum Gasteiger partial charge on any atom is -0.495 e. The third-order valence-electron chi connectivity index (χ3n) is 3.89. The molecule has 0 spiro atoms. The smallest absolute Gasteiger partial charge is 0.265 e. The highest BCUT2D eigenvalue weighted by Crippen LogP contribution is 2.26. The quantitative estimate of drug-likeness (QED) is 0.892. The lowest BCUT2D eigenvalue weighted by molar-refractivity contribution is 0.402. The highest BCUT2D eigenvalue weighted by molar-refractivity contribution is 7.92. The number of hydrogen-bond acceptors (Lipinski definition) is 6. The molecule has 24 heavy (non-hydrogen) atoms. The van der Waals surface area contributed by atoms with Crippen molar-refractivity contribution >= 4 is 21.7 Å². The first-order valence-electron chi connectivity index (χ1n) is 7.74. The lowest BCUT2D eigenvalue weighted by Crippen LogP contribution is -2.20. The average Bonchev–Trinajstić information content (AvgIpc) is 3.10. The van der Waals surface area contributed by atoms with Gasteiger partial charge in [0.05, 0.1) is 25.2 Å². The van der Waals surface area contributed by atoms with Crippen molar-refractivity contribution in [3.63, 3.8) is 0 Å². The summed E-state index contributed by atoms with van der Waals surface area (Å²) in [7, 11) is -2.34. The molecule has 1 aromatic carbocycles. The molecule has 8 heteroatoms. The van der Waals surface area contributed by atoms with Crippen LogP contribution in [0.5, 0.6) is 5.75 Å². The number of aromatic nitrogens is 2. The third kappa shape index (κ3) is 3.43. The zero-order chi connectivity index (χ0) is 17.2. The van der Waals surface area contributed by atoms with Crippen LogP contribution in [-0.4, -0.2) is 38.6 Å². The van der Waals surface area contributed by atoms with Crippen LogP contribution < -0.4 is 14.4 Å². The van der Waals surface area contributed by atoms with E-state index in [4.69, 9.17) is 4.74 Å². The molecule has 1 aliphatic heterocycles. The van der Waals surface area contributed by atoms with E-state index in [2.05, 4.69) is 19.6 Å². The number of methoxy groups -OCH3 is 1. The summed E-state index contributed by atoms with van der Waals surface area (Å²) in [4.78, 5) is 10.7. The summed E-state index contributed by atoms with van der Waals surface area (Å²) in [5.74, 6) is 0.922. The van der Waals surface area contributed by atoms with Crippen molar-refractivity contribution in [1.82, 2.24) is 9.97 Å². The molecule has 1 fully saturated rings. The molecule has 2 aromatic rings. The molecular formula is C16H20N4O3S. The van der Waals surface area contributed by atoms with Gasteiger partial charge in [-0.3, -0.25) is 4.72 Å². The normalized spacial score (nSPS) is 14.7. The van der Waals surface area contributed by atoms with Crippen LogP contribution in [0, 0.1) is 6.92 Å². The van der Waals surface area contributed by atoms with E-state index >= 15 is 0 Å². The second-order valence-electron chi connectivity index (χ2n) is 5.73.